The van der Waals surface area contributed by atoms with Crippen LogP contribution in [0.25, 0.3) is 5.57 Å². The number of nitrogens with zero attached hydrogens (tertiary/aromatic N) is 1. The molecule has 168 valence electrons. The first-order valence-corrected chi connectivity index (χ1v) is 11.4. The summed E-state index contributed by atoms with van der Waals surface area (Å²) in [5, 5.41) is 9.59. The van der Waals surface area contributed by atoms with Gasteiger partial charge in [-0.25, -0.2) is 0 Å². The van der Waals surface area contributed by atoms with E-state index in [9.17, 15) is 9.90 Å². The van der Waals surface area contributed by atoms with Crippen LogP contribution in [0.3, 0.4) is 0 Å². The molecule has 1 fully saturated rings. The Morgan fingerprint density at radius 2 is 1.67 bits per heavy atom. The minimum atomic E-state index is -0.00737. The number of morpholine rings is 1. The Morgan fingerprint density at radius 1 is 0.939 bits per heavy atom. The standard InChI is InChI=1S/C28H27NO4/c30-23-9-5-21(6-10-23)28(31)26-19-22-3-1-2-4-25(22)27(26)20-7-11-24(12-8-20)33-18-15-29-13-16-32-17-14-29/h1-12,30H,13-19H2. The number of rotatable bonds is 7. The lowest BCUT2D eigenvalue weighted by Gasteiger charge is -2.26. The van der Waals surface area contributed by atoms with Crippen molar-refractivity contribution in [1.82, 2.24) is 4.90 Å². The Balaban J connectivity index is 1.37. The van der Waals surface area contributed by atoms with Crippen LogP contribution in [0.5, 0.6) is 11.5 Å². The van der Waals surface area contributed by atoms with Gasteiger partial charge in [-0.15, -0.1) is 0 Å². The van der Waals surface area contributed by atoms with Crippen LogP contribution >= 0.6 is 0 Å². The van der Waals surface area contributed by atoms with Crippen LogP contribution in [0.4, 0.5) is 0 Å². The Morgan fingerprint density at radius 3 is 2.42 bits per heavy atom. The molecule has 2 aliphatic rings. The second kappa shape index (κ2) is 9.61. The van der Waals surface area contributed by atoms with Crippen LogP contribution in [0, 0.1) is 0 Å². The molecule has 5 rings (SSSR count). The molecule has 3 aromatic rings. The number of carbonyl (C=O) groups excluding carboxylic acids is 1. The van der Waals surface area contributed by atoms with Gasteiger partial charge in [-0.2, -0.15) is 0 Å². The van der Waals surface area contributed by atoms with Crippen molar-refractivity contribution in [3.63, 3.8) is 0 Å². The zero-order chi connectivity index (χ0) is 22.6. The molecule has 3 aromatic carbocycles. The highest BCUT2D eigenvalue weighted by Crippen LogP contribution is 2.39. The van der Waals surface area contributed by atoms with Crippen LogP contribution in [0.2, 0.25) is 0 Å². The summed E-state index contributed by atoms with van der Waals surface area (Å²) in [6.45, 7) is 5.00. The van der Waals surface area contributed by atoms with E-state index in [1.54, 1.807) is 24.3 Å². The molecule has 0 unspecified atom stereocenters. The van der Waals surface area contributed by atoms with Gasteiger partial charge in [0.05, 0.1) is 13.2 Å². The average Bonchev–Trinajstić information content (AvgIpc) is 3.25. The van der Waals surface area contributed by atoms with Crippen molar-refractivity contribution in [3.8, 4) is 11.5 Å². The molecule has 0 atom stereocenters. The van der Waals surface area contributed by atoms with Crippen molar-refractivity contribution in [2.75, 3.05) is 39.5 Å². The van der Waals surface area contributed by atoms with E-state index in [1.165, 1.54) is 0 Å². The second-order valence-corrected chi connectivity index (χ2v) is 8.39. The first kappa shape index (κ1) is 21.4. The fourth-order valence-corrected chi connectivity index (χ4v) is 4.51. The summed E-state index contributed by atoms with van der Waals surface area (Å²) in [6.07, 6.45) is 0.600. The summed E-state index contributed by atoms with van der Waals surface area (Å²) in [4.78, 5) is 15.7. The van der Waals surface area contributed by atoms with E-state index < -0.39 is 0 Å². The number of allylic oxidation sites excluding steroid dienone is 1. The maximum Gasteiger partial charge on any atom is 0.189 e. The Labute approximate surface area is 193 Å². The molecule has 0 amide bonds. The molecule has 0 spiro atoms. The molecule has 33 heavy (non-hydrogen) atoms. The summed E-state index contributed by atoms with van der Waals surface area (Å²) in [5.41, 5.74) is 5.59. The molecule has 0 saturated carbocycles. The lowest BCUT2D eigenvalue weighted by molar-refractivity contribution is 0.0322. The van der Waals surface area contributed by atoms with Crippen molar-refractivity contribution >= 4 is 11.4 Å². The summed E-state index contributed by atoms with van der Waals surface area (Å²) in [5.74, 6) is 0.969. The van der Waals surface area contributed by atoms with Gasteiger partial charge in [0, 0.05) is 37.2 Å². The van der Waals surface area contributed by atoms with E-state index in [0.717, 1.165) is 66.4 Å². The smallest absolute Gasteiger partial charge is 0.189 e. The predicted octanol–water partition coefficient (Wildman–Crippen LogP) is 4.34. The summed E-state index contributed by atoms with van der Waals surface area (Å²) in [7, 11) is 0. The maximum atomic E-state index is 13.4. The van der Waals surface area contributed by atoms with Crippen LogP contribution in [0.1, 0.15) is 27.0 Å². The Hall–Kier alpha value is -3.41. The summed E-state index contributed by atoms with van der Waals surface area (Å²) in [6, 6.07) is 22.7. The van der Waals surface area contributed by atoms with Crippen LogP contribution < -0.4 is 4.74 Å². The molecule has 1 heterocycles. The zero-order valence-corrected chi connectivity index (χ0v) is 18.5. The van der Waals surface area contributed by atoms with Gasteiger partial charge in [-0.05, 0) is 58.7 Å². The number of ether oxygens (including phenoxy) is 2. The minimum absolute atomic E-state index is 0.00737. The van der Waals surface area contributed by atoms with Crippen LogP contribution in [-0.2, 0) is 11.2 Å². The third kappa shape index (κ3) is 4.70. The Kier molecular flexibility index (Phi) is 6.24. The number of ketones is 1. The van der Waals surface area contributed by atoms with Gasteiger partial charge in [0.25, 0.3) is 0 Å². The molecule has 0 bridgehead atoms. The monoisotopic (exact) mass is 441 g/mol. The van der Waals surface area contributed by atoms with Crippen molar-refractivity contribution in [2.45, 2.75) is 6.42 Å². The molecule has 0 radical (unpaired) electrons. The van der Waals surface area contributed by atoms with Crippen molar-refractivity contribution in [2.24, 2.45) is 0 Å². The van der Waals surface area contributed by atoms with Crippen molar-refractivity contribution in [3.05, 3.63) is 101 Å². The average molecular weight is 442 g/mol. The molecule has 1 aliphatic heterocycles. The summed E-state index contributed by atoms with van der Waals surface area (Å²) < 4.78 is 11.3. The number of phenols is 1. The third-order valence-corrected chi connectivity index (χ3v) is 6.28. The largest absolute Gasteiger partial charge is 0.508 e. The number of carbonyl (C=O) groups is 1. The van der Waals surface area contributed by atoms with Gasteiger partial charge in [-0.3, -0.25) is 9.69 Å². The third-order valence-electron chi connectivity index (χ3n) is 6.28. The van der Waals surface area contributed by atoms with Gasteiger partial charge < -0.3 is 14.6 Å². The quantitative estimate of drug-likeness (QED) is 0.553. The lowest BCUT2D eigenvalue weighted by Crippen LogP contribution is -2.38. The number of hydrogen-bond acceptors (Lipinski definition) is 5. The van der Waals surface area contributed by atoms with E-state index in [-0.39, 0.29) is 11.5 Å². The molecule has 0 aromatic heterocycles. The first-order chi connectivity index (χ1) is 16.2. The van der Waals surface area contributed by atoms with E-state index in [2.05, 4.69) is 17.0 Å². The fraction of sp³-hybridized carbons (Fsp3) is 0.250. The molecular weight excluding hydrogens is 414 g/mol. The van der Waals surface area contributed by atoms with E-state index in [4.69, 9.17) is 9.47 Å². The normalized spacial score (nSPS) is 16.0. The van der Waals surface area contributed by atoms with Gasteiger partial charge in [0.15, 0.2) is 5.78 Å². The van der Waals surface area contributed by atoms with Gasteiger partial charge in [0.2, 0.25) is 0 Å². The van der Waals surface area contributed by atoms with Crippen molar-refractivity contribution < 1.29 is 19.4 Å². The maximum absolute atomic E-state index is 13.4. The number of hydrogen-bond donors (Lipinski definition) is 1. The summed E-state index contributed by atoms with van der Waals surface area (Å²) >= 11 is 0. The highest BCUT2D eigenvalue weighted by Gasteiger charge is 2.27. The van der Waals surface area contributed by atoms with Gasteiger partial charge >= 0.3 is 0 Å². The van der Waals surface area contributed by atoms with Gasteiger partial charge in [-0.1, -0.05) is 36.4 Å². The molecule has 1 aliphatic carbocycles. The fourth-order valence-electron chi connectivity index (χ4n) is 4.51. The van der Waals surface area contributed by atoms with Gasteiger partial charge in [0.1, 0.15) is 18.1 Å². The zero-order valence-electron chi connectivity index (χ0n) is 18.5. The second-order valence-electron chi connectivity index (χ2n) is 8.39. The predicted molar refractivity (Wildman–Crippen MR) is 128 cm³/mol. The number of phenolic OH excluding ortho intramolecular Hbond substituents is 1. The molecular formula is C28H27NO4. The highest BCUT2D eigenvalue weighted by atomic mass is 16.5. The highest BCUT2D eigenvalue weighted by molar-refractivity contribution is 6.16. The number of Topliss-reactive ketones (excluding diaryl/α,β-unsaturated/α-hetero) is 1. The molecule has 1 N–H and O–H groups in total. The van der Waals surface area contributed by atoms with E-state index >= 15 is 0 Å². The minimum Gasteiger partial charge on any atom is -0.508 e. The molecule has 5 heteroatoms. The molecule has 5 nitrogen and oxygen atoms in total. The topological polar surface area (TPSA) is 59.0 Å². The Bertz CT molecular complexity index is 1160. The first-order valence-electron chi connectivity index (χ1n) is 11.4. The van der Waals surface area contributed by atoms with Crippen molar-refractivity contribution in [1.29, 1.82) is 0 Å². The van der Waals surface area contributed by atoms with Crippen LogP contribution in [0.15, 0.2) is 78.4 Å². The molecule has 1 saturated heterocycles. The number of benzene rings is 3. The SMILES string of the molecule is O=C(C1=C(c2ccc(OCCN3CCOCC3)cc2)c2ccccc2C1)c1ccc(O)cc1. The number of fused-ring (bicyclic) bond motifs is 1. The van der Waals surface area contributed by atoms with E-state index in [0.29, 0.717) is 18.6 Å². The van der Waals surface area contributed by atoms with Crippen LogP contribution in [-0.4, -0.2) is 55.2 Å². The lowest BCUT2D eigenvalue weighted by atomic mass is 9.94. The van der Waals surface area contributed by atoms with E-state index in [1.807, 2.05) is 36.4 Å². The number of aromatic hydroxyl groups is 1.